The Balaban J connectivity index is 1.66. The van der Waals surface area contributed by atoms with Crippen molar-refractivity contribution < 1.29 is 14.4 Å². The molecule has 1 spiro atoms. The number of imide groups is 1. The summed E-state index contributed by atoms with van der Waals surface area (Å²) in [5, 5.41) is 5.49. The van der Waals surface area contributed by atoms with Crippen LogP contribution in [-0.2, 0) is 9.59 Å². The molecule has 0 unspecified atom stereocenters. The summed E-state index contributed by atoms with van der Waals surface area (Å²) in [6.45, 7) is 1.66. The number of aryl methyl sites for hydroxylation is 1. The van der Waals surface area contributed by atoms with Gasteiger partial charge >= 0.3 is 6.03 Å². The largest absolute Gasteiger partial charge is 0.325 e. The summed E-state index contributed by atoms with van der Waals surface area (Å²) in [6, 6.07) is 4.96. The van der Waals surface area contributed by atoms with Gasteiger partial charge in [-0.3, -0.25) is 14.5 Å². The maximum Gasteiger partial charge on any atom is 0.325 e. The molecule has 2 N–H and O–H groups in total. The number of benzene rings is 1. The number of anilines is 1. The fourth-order valence-corrected chi connectivity index (χ4v) is 3.45. The Morgan fingerprint density at radius 1 is 1.35 bits per heavy atom. The predicted octanol–water partition coefficient (Wildman–Crippen LogP) is 2.56. The average molecular weight is 380 g/mol. The molecule has 4 amide bonds. The highest BCUT2D eigenvalue weighted by atomic mass is 79.9. The first-order valence-electron chi connectivity index (χ1n) is 7.61. The molecule has 23 heavy (non-hydrogen) atoms. The molecule has 1 saturated heterocycles. The summed E-state index contributed by atoms with van der Waals surface area (Å²) in [5.41, 5.74) is 0.854. The number of nitrogens with one attached hydrogen (secondary N) is 2. The Morgan fingerprint density at radius 3 is 2.70 bits per heavy atom. The van der Waals surface area contributed by atoms with Crippen molar-refractivity contribution in [3.8, 4) is 0 Å². The molecule has 7 heteroatoms. The molecule has 0 bridgehead atoms. The van der Waals surface area contributed by atoms with Gasteiger partial charge in [-0.05, 0) is 43.5 Å². The minimum Gasteiger partial charge on any atom is -0.325 e. The van der Waals surface area contributed by atoms with Crippen molar-refractivity contribution >= 4 is 39.5 Å². The van der Waals surface area contributed by atoms with Crippen molar-refractivity contribution in [1.82, 2.24) is 10.2 Å². The first-order chi connectivity index (χ1) is 10.9. The number of urea groups is 1. The van der Waals surface area contributed by atoms with E-state index in [-0.39, 0.29) is 18.4 Å². The number of hydrogen-bond donors (Lipinski definition) is 2. The number of halogens is 1. The summed E-state index contributed by atoms with van der Waals surface area (Å²) >= 11 is 3.40. The number of hydrogen-bond acceptors (Lipinski definition) is 3. The van der Waals surface area contributed by atoms with Crippen molar-refractivity contribution in [1.29, 1.82) is 0 Å². The maximum atomic E-state index is 12.5. The molecule has 3 rings (SSSR count). The molecule has 6 nitrogen and oxygen atoms in total. The SMILES string of the molecule is Cc1cc(NC(=O)CN2C(=O)NC3(CCCC3)C2=O)ccc1Br. The number of nitrogens with zero attached hydrogens (tertiary/aromatic N) is 1. The van der Waals surface area contributed by atoms with Crippen molar-refractivity contribution in [3.05, 3.63) is 28.2 Å². The lowest BCUT2D eigenvalue weighted by atomic mass is 9.98. The van der Waals surface area contributed by atoms with Gasteiger partial charge in [-0.15, -0.1) is 0 Å². The Hall–Kier alpha value is -1.89. The van der Waals surface area contributed by atoms with E-state index in [1.54, 1.807) is 6.07 Å². The smallest absolute Gasteiger partial charge is 0.325 e. The first-order valence-corrected chi connectivity index (χ1v) is 8.41. The number of carbonyl (C=O) groups excluding carboxylic acids is 3. The van der Waals surface area contributed by atoms with Crippen LogP contribution in [0.3, 0.4) is 0 Å². The van der Waals surface area contributed by atoms with E-state index in [2.05, 4.69) is 26.6 Å². The predicted molar refractivity (Wildman–Crippen MR) is 89.0 cm³/mol. The van der Waals surface area contributed by atoms with Crippen LogP contribution < -0.4 is 10.6 Å². The average Bonchev–Trinajstić information content (AvgIpc) is 3.05. The molecule has 1 aliphatic carbocycles. The van der Waals surface area contributed by atoms with Gasteiger partial charge in [-0.2, -0.15) is 0 Å². The minimum atomic E-state index is -0.772. The fourth-order valence-electron chi connectivity index (χ4n) is 3.20. The van der Waals surface area contributed by atoms with Crippen molar-refractivity contribution in [2.75, 3.05) is 11.9 Å². The Kier molecular flexibility index (Phi) is 4.14. The molecule has 0 aromatic heterocycles. The summed E-state index contributed by atoms with van der Waals surface area (Å²) in [4.78, 5) is 37.7. The molecule has 2 aliphatic rings. The van der Waals surface area contributed by atoms with E-state index in [9.17, 15) is 14.4 Å². The van der Waals surface area contributed by atoms with Crippen molar-refractivity contribution in [3.63, 3.8) is 0 Å². The van der Waals surface area contributed by atoms with E-state index >= 15 is 0 Å². The van der Waals surface area contributed by atoms with Gasteiger partial charge in [0.15, 0.2) is 0 Å². The lowest BCUT2D eigenvalue weighted by molar-refractivity contribution is -0.133. The normalized spacial score (nSPS) is 19.3. The van der Waals surface area contributed by atoms with Crippen LogP contribution in [0.5, 0.6) is 0 Å². The molecule has 1 aliphatic heterocycles. The molecule has 1 saturated carbocycles. The molecule has 122 valence electrons. The van der Waals surface area contributed by atoms with Gasteiger partial charge in [0, 0.05) is 10.2 Å². The van der Waals surface area contributed by atoms with Gasteiger partial charge in [0.25, 0.3) is 5.91 Å². The van der Waals surface area contributed by atoms with Crippen LogP contribution in [0.4, 0.5) is 10.5 Å². The van der Waals surface area contributed by atoms with Gasteiger partial charge in [0.1, 0.15) is 12.1 Å². The van der Waals surface area contributed by atoms with Crippen LogP contribution >= 0.6 is 15.9 Å². The summed E-state index contributed by atoms with van der Waals surface area (Å²) in [5.74, 6) is -0.660. The first kappa shape index (κ1) is 16.0. The van der Waals surface area contributed by atoms with Crippen LogP contribution in [0.1, 0.15) is 31.2 Å². The molecule has 1 heterocycles. The molecular formula is C16H18BrN3O3. The van der Waals surface area contributed by atoms with E-state index in [0.29, 0.717) is 18.5 Å². The lowest BCUT2D eigenvalue weighted by Crippen LogP contribution is -2.44. The van der Waals surface area contributed by atoms with Crippen LogP contribution in [0, 0.1) is 6.92 Å². The Morgan fingerprint density at radius 2 is 2.04 bits per heavy atom. The van der Waals surface area contributed by atoms with E-state index in [1.165, 1.54) is 0 Å². The highest BCUT2D eigenvalue weighted by Gasteiger charge is 2.52. The van der Waals surface area contributed by atoms with Crippen molar-refractivity contribution in [2.24, 2.45) is 0 Å². The van der Waals surface area contributed by atoms with Gasteiger partial charge < -0.3 is 10.6 Å². The number of carbonyl (C=O) groups is 3. The van der Waals surface area contributed by atoms with Crippen LogP contribution in [0.15, 0.2) is 22.7 Å². The zero-order valence-corrected chi connectivity index (χ0v) is 14.4. The topological polar surface area (TPSA) is 78.5 Å². The molecule has 1 aromatic carbocycles. The molecule has 2 fully saturated rings. The Bertz CT molecular complexity index is 683. The standard InChI is InChI=1S/C16H18BrN3O3/c1-10-8-11(4-5-12(10)17)18-13(21)9-20-14(22)16(19-15(20)23)6-2-3-7-16/h4-5,8H,2-3,6-7,9H2,1H3,(H,18,21)(H,19,23). The molecule has 0 radical (unpaired) electrons. The van der Waals surface area contributed by atoms with Crippen LogP contribution in [0.2, 0.25) is 0 Å². The van der Waals surface area contributed by atoms with E-state index in [1.807, 2.05) is 19.1 Å². The van der Waals surface area contributed by atoms with Gasteiger partial charge in [0.2, 0.25) is 5.91 Å². The van der Waals surface area contributed by atoms with Crippen LogP contribution in [-0.4, -0.2) is 34.8 Å². The molecule has 1 aromatic rings. The van der Waals surface area contributed by atoms with Gasteiger partial charge in [-0.25, -0.2) is 4.79 Å². The third-order valence-corrected chi connectivity index (χ3v) is 5.34. The van der Waals surface area contributed by atoms with Gasteiger partial charge in [-0.1, -0.05) is 28.8 Å². The monoisotopic (exact) mass is 379 g/mol. The second kappa shape index (κ2) is 5.96. The van der Waals surface area contributed by atoms with E-state index < -0.39 is 11.6 Å². The van der Waals surface area contributed by atoms with Crippen molar-refractivity contribution in [2.45, 2.75) is 38.1 Å². The number of rotatable bonds is 3. The lowest BCUT2D eigenvalue weighted by Gasteiger charge is -2.19. The summed E-state index contributed by atoms with van der Waals surface area (Å²) < 4.78 is 0.952. The Labute approximate surface area is 142 Å². The second-order valence-electron chi connectivity index (χ2n) is 6.12. The molecule has 0 atom stereocenters. The number of amides is 4. The van der Waals surface area contributed by atoms with Crippen LogP contribution in [0.25, 0.3) is 0 Å². The third kappa shape index (κ3) is 2.97. The molecular weight excluding hydrogens is 362 g/mol. The minimum absolute atomic E-state index is 0.262. The second-order valence-corrected chi connectivity index (χ2v) is 6.98. The zero-order valence-electron chi connectivity index (χ0n) is 12.8. The van der Waals surface area contributed by atoms with Gasteiger partial charge in [0.05, 0.1) is 0 Å². The summed E-state index contributed by atoms with van der Waals surface area (Å²) in [7, 11) is 0. The van der Waals surface area contributed by atoms with E-state index in [4.69, 9.17) is 0 Å². The quantitative estimate of drug-likeness (QED) is 0.792. The fraction of sp³-hybridized carbons (Fsp3) is 0.438. The zero-order chi connectivity index (χ0) is 16.6. The third-order valence-electron chi connectivity index (χ3n) is 4.45. The highest BCUT2D eigenvalue weighted by Crippen LogP contribution is 2.34. The highest BCUT2D eigenvalue weighted by molar-refractivity contribution is 9.10. The maximum absolute atomic E-state index is 12.5. The van der Waals surface area contributed by atoms with E-state index in [0.717, 1.165) is 27.8 Å². The summed E-state index contributed by atoms with van der Waals surface area (Å²) in [6.07, 6.45) is 3.15.